The fourth-order valence-electron chi connectivity index (χ4n) is 3.68. The molecule has 122 valence electrons. The summed E-state index contributed by atoms with van der Waals surface area (Å²) in [5.74, 6) is 6.60. The van der Waals surface area contributed by atoms with Crippen molar-refractivity contribution < 1.29 is 5.11 Å². The van der Waals surface area contributed by atoms with Gasteiger partial charge in [-0.1, -0.05) is 72.5 Å². The van der Waals surface area contributed by atoms with Crippen LogP contribution in [0.5, 0.6) is 0 Å². The van der Waals surface area contributed by atoms with Crippen LogP contribution < -0.4 is 0 Å². The van der Waals surface area contributed by atoms with Gasteiger partial charge in [0.05, 0.1) is 6.61 Å². The molecule has 0 aliphatic rings. The van der Waals surface area contributed by atoms with Crippen LogP contribution >= 0.6 is 0 Å². The van der Waals surface area contributed by atoms with Gasteiger partial charge in [-0.3, -0.25) is 0 Å². The lowest BCUT2D eigenvalue weighted by molar-refractivity contribution is 0.282. The Morgan fingerprint density at radius 1 is 0.615 bits per heavy atom. The van der Waals surface area contributed by atoms with Crippen LogP contribution in [0, 0.1) is 11.8 Å². The van der Waals surface area contributed by atoms with Crippen LogP contribution in [0.3, 0.4) is 0 Å². The summed E-state index contributed by atoms with van der Waals surface area (Å²) in [5, 5.41) is 16.8. The Morgan fingerprint density at radius 2 is 1.27 bits per heavy atom. The van der Waals surface area contributed by atoms with Gasteiger partial charge in [0.2, 0.25) is 0 Å². The maximum absolute atomic E-state index is 9.15. The molecule has 0 amide bonds. The average molecular weight is 332 g/mol. The zero-order chi connectivity index (χ0) is 17.5. The molecule has 0 bridgehead atoms. The molecule has 0 aliphatic heterocycles. The SMILES string of the molecule is OCc1ccc(C#Cc2ccc3ccc4cccc5ccc2c3c45)cc1. The van der Waals surface area contributed by atoms with E-state index in [1.54, 1.807) is 0 Å². The van der Waals surface area contributed by atoms with Crippen molar-refractivity contribution in [1.29, 1.82) is 0 Å². The van der Waals surface area contributed by atoms with Gasteiger partial charge in [0.1, 0.15) is 0 Å². The minimum atomic E-state index is 0.0583. The highest BCUT2D eigenvalue weighted by molar-refractivity contribution is 6.23. The van der Waals surface area contributed by atoms with Crippen LogP contribution in [-0.2, 0) is 6.61 Å². The quantitative estimate of drug-likeness (QED) is 0.318. The Hall–Kier alpha value is -3.34. The Bertz CT molecular complexity index is 1290. The van der Waals surface area contributed by atoms with Crippen molar-refractivity contribution in [3.8, 4) is 11.8 Å². The van der Waals surface area contributed by atoms with Gasteiger partial charge < -0.3 is 5.11 Å². The van der Waals surface area contributed by atoms with E-state index in [1.165, 1.54) is 32.3 Å². The molecule has 26 heavy (non-hydrogen) atoms. The van der Waals surface area contributed by atoms with Gasteiger partial charge in [-0.25, -0.2) is 0 Å². The molecule has 0 saturated heterocycles. The Balaban J connectivity index is 1.72. The van der Waals surface area contributed by atoms with E-state index in [0.717, 1.165) is 16.7 Å². The molecule has 5 aromatic carbocycles. The number of aliphatic hydroxyl groups excluding tert-OH is 1. The summed E-state index contributed by atoms with van der Waals surface area (Å²) in [6.45, 7) is 0.0583. The average Bonchev–Trinajstić information content (AvgIpc) is 2.71. The van der Waals surface area contributed by atoms with Crippen molar-refractivity contribution in [3.05, 3.63) is 95.6 Å². The van der Waals surface area contributed by atoms with E-state index >= 15 is 0 Å². The molecule has 1 heteroatoms. The molecule has 0 saturated carbocycles. The van der Waals surface area contributed by atoms with Crippen LogP contribution in [0.2, 0.25) is 0 Å². The lowest BCUT2D eigenvalue weighted by Crippen LogP contribution is -1.87. The molecule has 0 aliphatic carbocycles. The predicted molar refractivity (Wildman–Crippen MR) is 108 cm³/mol. The molecule has 0 fully saturated rings. The monoisotopic (exact) mass is 332 g/mol. The molecule has 1 nitrogen and oxygen atoms in total. The highest BCUT2D eigenvalue weighted by atomic mass is 16.3. The van der Waals surface area contributed by atoms with Gasteiger partial charge in [0.25, 0.3) is 0 Å². The largest absolute Gasteiger partial charge is 0.392 e. The summed E-state index contributed by atoms with van der Waals surface area (Å²) in [6.07, 6.45) is 0. The van der Waals surface area contributed by atoms with E-state index in [2.05, 4.69) is 66.4 Å². The van der Waals surface area contributed by atoms with Gasteiger partial charge in [-0.05, 0) is 56.1 Å². The fourth-order valence-corrected chi connectivity index (χ4v) is 3.68. The van der Waals surface area contributed by atoms with Crippen LogP contribution in [0.4, 0.5) is 0 Å². The van der Waals surface area contributed by atoms with Crippen molar-refractivity contribution >= 4 is 32.3 Å². The topological polar surface area (TPSA) is 20.2 Å². The summed E-state index contributed by atoms with van der Waals surface area (Å²) < 4.78 is 0. The zero-order valence-electron chi connectivity index (χ0n) is 14.2. The molecular weight excluding hydrogens is 316 g/mol. The standard InChI is InChI=1S/C25H16O/c26-16-18-6-4-17(5-7-18)8-9-19-10-11-22-13-12-20-2-1-3-21-14-15-23(19)25(22)24(20)21/h1-7,10-15,26H,16H2. The molecule has 0 atom stereocenters. The van der Waals surface area contributed by atoms with Crippen molar-refractivity contribution in [2.45, 2.75) is 6.61 Å². The number of rotatable bonds is 1. The first-order valence-electron chi connectivity index (χ1n) is 8.72. The molecule has 0 spiro atoms. The third-order valence-corrected chi connectivity index (χ3v) is 5.01. The molecular formula is C25H16O. The van der Waals surface area contributed by atoms with E-state index in [9.17, 15) is 0 Å². The maximum Gasteiger partial charge on any atom is 0.0681 e. The molecule has 0 aromatic heterocycles. The summed E-state index contributed by atoms with van der Waals surface area (Å²) >= 11 is 0. The van der Waals surface area contributed by atoms with Gasteiger partial charge in [0.15, 0.2) is 0 Å². The highest BCUT2D eigenvalue weighted by Crippen LogP contribution is 2.35. The number of benzene rings is 5. The molecule has 0 unspecified atom stereocenters. The Kier molecular flexibility index (Phi) is 3.38. The predicted octanol–water partition coefficient (Wildman–Crippen LogP) is 5.48. The maximum atomic E-state index is 9.15. The molecule has 5 aromatic rings. The Morgan fingerprint density at radius 3 is 2.00 bits per heavy atom. The van der Waals surface area contributed by atoms with Crippen molar-refractivity contribution in [1.82, 2.24) is 0 Å². The lowest BCUT2D eigenvalue weighted by Gasteiger charge is -2.11. The van der Waals surface area contributed by atoms with Gasteiger partial charge in [-0.15, -0.1) is 0 Å². The smallest absolute Gasteiger partial charge is 0.0681 e. The first kappa shape index (κ1) is 15.0. The second kappa shape index (κ2) is 5.88. The summed E-state index contributed by atoms with van der Waals surface area (Å²) in [7, 11) is 0. The van der Waals surface area contributed by atoms with Crippen LogP contribution in [-0.4, -0.2) is 5.11 Å². The van der Waals surface area contributed by atoms with Crippen molar-refractivity contribution in [2.75, 3.05) is 0 Å². The van der Waals surface area contributed by atoms with Gasteiger partial charge in [0, 0.05) is 11.1 Å². The van der Waals surface area contributed by atoms with E-state index in [0.29, 0.717) is 0 Å². The minimum absolute atomic E-state index is 0.0583. The second-order valence-corrected chi connectivity index (χ2v) is 6.57. The summed E-state index contributed by atoms with van der Waals surface area (Å²) in [5.41, 5.74) is 2.90. The lowest BCUT2D eigenvalue weighted by atomic mass is 9.92. The number of hydrogen-bond acceptors (Lipinski definition) is 1. The molecule has 5 rings (SSSR count). The van der Waals surface area contributed by atoms with E-state index in [1.807, 2.05) is 24.3 Å². The fraction of sp³-hybridized carbons (Fsp3) is 0.0400. The van der Waals surface area contributed by atoms with Gasteiger partial charge >= 0.3 is 0 Å². The molecule has 1 N–H and O–H groups in total. The van der Waals surface area contributed by atoms with E-state index in [4.69, 9.17) is 5.11 Å². The summed E-state index contributed by atoms with van der Waals surface area (Å²) in [4.78, 5) is 0. The zero-order valence-corrected chi connectivity index (χ0v) is 14.2. The normalized spacial score (nSPS) is 11.1. The molecule has 0 radical (unpaired) electrons. The first-order chi connectivity index (χ1) is 12.8. The first-order valence-corrected chi connectivity index (χ1v) is 8.72. The van der Waals surface area contributed by atoms with Gasteiger partial charge in [-0.2, -0.15) is 0 Å². The third kappa shape index (κ3) is 2.32. The minimum Gasteiger partial charge on any atom is -0.392 e. The third-order valence-electron chi connectivity index (χ3n) is 5.01. The Labute approximate surface area is 151 Å². The van der Waals surface area contributed by atoms with Crippen LogP contribution in [0.25, 0.3) is 32.3 Å². The molecule has 0 heterocycles. The van der Waals surface area contributed by atoms with E-state index < -0.39 is 0 Å². The number of hydrogen-bond donors (Lipinski definition) is 1. The van der Waals surface area contributed by atoms with Crippen LogP contribution in [0.15, 0.2) is 78.9 Å². The van der Waals surface area contributed by atoms with E-state index in [-0.39, 0.29) is 6.61 Å². The number of aliphatic hydroxyl groups is 1. The summed E-state index contributed by atoms with van der Waals surface area (Å²) in [6, 6.07) is 27.2. The second-order valence-electron chi connectivity index (χ2n) is 6.57. The van der Waals surface area contributed by atoms with Crippen molar-refractivity contribution in [3.63, 3.8) is 0 Å². The van der Waals surface area contributed by atoms with Crippen molar-refractivity contribution in [2.24, 2.45) is 0 Å². The highest BCUT2D eigenvalue weighted by Gasteiger charge is 2.09. The van der Waals surface area contributed by atoms with Crippen LogP contribution in [0.1, 0.15) is 16.7 Å².